The molecule has 1 heterocycles. The Balaban J connectivity index is 1.82. The second-order valence-corrected chi connectivity index (χ2v) is 6.85. The first-order valence-electron chi connectivity index (χ1n) is 6.29. The molecule has 0 aliphatic heterocycles. The highest BCUT2D eigenvalue weighted by Gasteiger charge is 2.23. The van der Waals surface area contributed by atoms with Crippen molar-refractivity contribution < 1.29 is 0 Å². The summed E-state index contributed by atoms with van der Waals surface area (Å²) < 4.78 is 1.21. The van der Waals surface area contributed by atoms with Crippen LogP contribution in [-0.4, -0.2) is 31.1 Å². The fourth-order valence-electron chi connectivity index (χ4n) is 2.62. The molecule has 17 heavy (non-hydrogen) atoms. The number of hydrogen-bond acceptors (Lipinski definition) is 3. The summed E-state index contributed by atoms with van der Waals surface area (Å²) in [6, 6.07) is 3.75. The van der Waals surface area contributed by atoms with Gasteiger partial charge < -0.3 is 5.32 Å². The molecule has 4 heteroatoms. The third-order valence-corrected chi connectivity index (χ3v) is 5.44. The van der Waals surface area contributed by atoms with Gasteiger partial charge in [-0.3, -0.25) is 4.90 Å². The third kappa shape index (κ3) is 3.78. The van der Waals surface area contributed by atoms with E-state index in [-0.39, 0.29) is 0 Å². The quantitative estimate of drug-likeness (QED) is 0.915. The van der Waals surface area contributed by atoms with Gasteiger partial charge in [-0.05, 0) is 61.8 Å². The van der Waals surface area contributed by atoms with Crippen molar-refractivity contribution in [2.75, 3.05) is 14.1 Å². The molecule has 2 nitrogen and oxygen atoms in total. The standard InChI is InChI=1S/C13H21BrN2S/c1-15-11-3-5-12(6-4-11)16(2)8-13-7-10(14)9-17-13/h7,9,11-12,15H,3-6,8H2,1-2H3. The summed E-state index contributed by atoms with van der Waals surface area (Å²) >= 11 is 5.36. The van der Waals surface area contributed by atoms with Crippen LogP contribution in [-0.2, 0) is 6.54 Å². The Labute approximate surface area is 117 Å². The van der Waals surface area contributed by atoms with Gasteiger partial charge >= 0.3 is 0 Å². The maximum absolute atomic E-state index is 3.52. The molecule has 1 saturated carbocycles. The number of nitrogens with one attached hydrogen (secondary N) is 1. The molecule has 1 aromatic rings. The largest absolute Gasteiger partial charge is 0.317 e. The zero-order valence-corrected chi connectivity index (χ0v) is 13.0. The van der Waals surface area contributed by atoms with Crippen molar-refractivity contribution in [2.24, 2.45) is 0 Å². The minimum atomic E-state index is 0.746. The summed E-state index contributed by atoms with van der Waals surface area (Å²) in [6.07, 6.45) is 5.29. The molecule has 1 aromatic heterocycles. The molecule has 0 atom stereocenters. The van der Waals surface area contributed by atoms with Gasteiger partial charge in [0.05, 0.1) is 0 Å². The maximum atomic E-state index is 3.52. The molecule has 0 aromatic carbocycles. The van der Waals surface area contributed by atoms with Crippen LogP contribution in [0.4, 0.5) is 0 Å². The number of thiophene rings is 1. The first kappa shape index (κ1) is 13.5. The van der Waals surface area contributed by atoms with Crippen LogP contribution in [0, 0.1) is 0 Å². The minimum Gasteiger partial charge on any atom is -0.317 e. The first-order chi connectivity index (χ1) is 8.19. The molecule has 1 fully saturated rings. The lowest BCUT2D eigenvalue weighted by atomic mass is 9.90. The lowest BCUT2D eigenvalue weighted by Gasteiger charge is -2.34. The predicted octanol–water partition coefficient (Wildman–Crippen LogP) is 3.47. The molecule has 0 saturated heterocycles. The predicted molar refractivity (Wildman–Crippen MR) is 78.6 cm³/mol. The maximum Gasteiger partial charge on any atom is 0.0328 e. The van der Waals surface area contributed by atoms with Crippen LogP contribution in [0.2, 0.25) is 0 Å². The molecule has 1 aliphatic carbocycles. The molecule has 1 aliphatic rings. The average molecular weight is 317 g/mol. The average Bonchev–Trinajstić information content (AvgIpc) is 2.75. The van der Waals surface area contributed by atoms with Gasteiger partial charge in [-0.2, -0.15) is 0 Å². The fourth-order valence-corrected chi connectivity index (χ4v) is 4.13. The molecular formula is C13H21BrN2S. The van der Waals surface area contributed by atoms with Crippen molar-refractivity contribution in [2.45, 2.75) is 44.3 Å². The molecule has 2 rings (SSSR count). The highest BCUT2D eigenvalue weighted by molar-refractivity contribution is 9.10. The van der Waals surface area contributed by atoms with Gasteiger partial charge in [-0.1, -0.05) is 0 Å². The van der Waals surface area contributed by atoms with E-state index in [1.165, 1.54) is 35.0 Å². The first-order valence-corrected chi connectivity index (χ1v) is 7.96. The number of nitrogens with zero attached hydrogens (tertiary/aromatic N) is 1. The molecule has 0 bridgehead atoms. The summed E-state index contributed by atoms with van der Waals surface area (Å²) in [5.74, 6) is 0. The Morgan fingerprint density at radius 2 is 2.12 bits per heavy atom. The van der Waals surface area contributed by atoms with Crippen LogP contribution in [0.3, 0.4) is 0 Å². The highest BCUT2D eigenvalue weighted by atomic mass is 79.9. The van der Waals surface area contributed by atoms with E-state index in [0.717, 1.165) is 18.6 Å². The van der Waals surface area contributed by atoms with Crippen LogP contribution >= 0.6 is 27.3 Å². The summed E-state index contributed by atoms with van der Waals surface area (Å²) in [4.78, 5) is 3.97. The lowest BCUT2D eigenvalue weighted by Crippen LogP contribution is -2.39. The fraction of sp³-hybridized carbons (Fsp3) is 0.692. The smallest absolute Gasteiger partial charge is 0.0328 e. The van der Waals surface area contributed by atoms with Crippen molar-refractivity contribution in [3.05, 3.63) is 20.8 Å². The van der Waals surface area contributed by atoms with E-state index in [1.807, 2.05) is 11.3 Å². The van der Waals surface area contributed by atoms with Gasteiger partial charge in [0.15, 0.2) is 0 Å². The normalized spacial score (nSPS) is 25.4. The second-order valence-electron chi connectivity index (χ2n) is 4.94. The zero-order valence-electron chi connectivity index (χ0n) is 10.6. The van der Waals surface area contributed by atoms with Gasteiger partial charge in [0.2, 0.25) is 0 Å². The number of hydrogen-bond donors (Lipinski definition) is 1. The Hall–Kier alpha value is 0.1000. The molecule has 96 valence electrons. The summed E-state index contributed by atoms with van der Waals surface area (Å²) in [6.45, 7) is 1.09. The third-order valence-electron chi connectivity index (χ3n) is 3.76. The zero-order chi connectivity index (χ0) is 12.3. The SMILES string of the molecule is CNC1CCC(N(C)Cc2cc(Br)cs2)CC1. The Morgan fingerprint density at radius 3 is 2.65 bits per heavy atom. The monoisotopic (exact) mass is 316 g/mol. The van der Waals surface area contributed by atoms with Crippen LogP contribution in [0.1, 0.15) is 30.6 Å². The highest BCUT2D eigenvalue weighted by Crippen LogP contribution is 2.26. The van der Waals surface area contributed by atoms with E-state index in [2.05, 4.69) is 51.7 Å². The summed E-state index contributed by atoms with van der Waals surface area (Å²) in [5.41, 5.74) is 0. The Bertz CT molecular complexity index is 345. The second kappa shape index (κ2) is 6.32. The lowest BCUT2D eigenvalue weighted by molar-refractivity contribution is 0.171. The van der Waals surface area contributed by atoms with Crippen LogP contribution in [0.15, 0.2) is 15.9 Å². The minimum absolute atomic E-state index is 0.746. The number of rotatable bonds is 4. The van der Waals surface area contributed by atoms with E-state index >= 15 is 0 Å². The van der Waals surface area contributed by atoms with E-state index in [9.17, 15) is 0 Å². The Kier molecular flexibility index (Phi) is 5.03. The van der Waals surface area contributed by atoms with Crippen LogP contribution in [0.25, 0.3) is 0 Å². The van der Waals surface area contributed by atoms with E-state index < -0.39 is 0 Å². The van der Waals surface area contributed by atoms with Gasteiger partial charge in [-0.25, -0.2) is 0 Å². The molecule has 0 radical (unpaired) electrons. The molecule has 0 amide bonds. The number of halogens is 1. The van der Waals surface area contributed by atoms with Gasteiger partial charge in [0.1, 0.15) is 0 Å². The molecule has 1 N–H and O–H groups in total. The van der Waals surface area contributed by atoms with E-state index in [0.29, 0.717) is 0 Å². The summed E-state index contributed by atoms with van der Waals surface area (Å²) in [5, 5.41) is 5.56. The molecule has 0 unspecified atom stereocenters. The Morgan fingerprint density at radius 1 is 1.41 bits per heavy atom. The molecular weight excluding hydrogens is 296 g/mol. The van der Waals surface area contributed by atoms with Gasteiger partial charge in [0, 0.05) is 33.4 Å². The van der Waals surface area contributed by atoms with Crippen molar-refractivity contribution in [3.8, 4) is 0 Å². The van der Waals surface area contributed by atoms with Gasteiger partial charge in [0.25, 0.3) is 0 Å². The van der Waals surface area contributed by atoms with Crippen LogP contribution < -0.4 is 5.32 Å². The van der Waals surface area contributed by atoms with Crippen LogP contribution in [0.5, 0.6) is 0 Å². The van der Waals surface area contributed by atoms with E-state index in [1.54, 1.807) is 0 Å². The van der Waals surface area contributed by atoms with E-state index in [4.69, 9.17) is 0 Å². The van der Waals surface area contributed by atoms with Crippen molar-refractivity contribution in [1.29, 1.82) is 0 Å². The summed E-state index contributed by atoms with van der Waals surface area (Å²) in [7, 11) is 4.34. The molecule has 0 spiro atoms. The van der Waals surface area contributed by atoms with Crippen molar-refractivity contribution in [3.63, 3.8) is 0 Å². The topological polar surface area (TPSA) is 15.3 Å². The van der Waals surface area contributed by atoms with Crippen molar-refractivity contribution in [1.82, 2.24) is 10.2 Å². The van der Waals surface area contributed by atoms with Crippen molar-refractivity contribution >= 4 is 27.3 Å². The van der Waals surface area contributed by atoms with Gasteiger partial charge in [-0.15, -0.1) is 11.3 Å².